The van der Waals surface area contributed by atoms with E-state index in [1.807, 2.05) is 0 Å². The maximum atomic E-state index is 12.0. The molecule has 0 radical (unpaired) electrons. The Labute approximate surface area is 110 Å². The molecule has 0 atom stereocenters. The van der Waals surface area contributed by atoms with Gasteiger partial charge in [-0.1, -0.05) is 12.1 Å². The number of hydrogen-bond donors (Lipinski definition) is 1. The molecule has 1 aromatic heterocycles. The number of aromatic nitrogens is 1. The maximum absolute atomic E-state index is 12.0. The van der Waals surface area contributed by atoms with Crippen LogP contribution in [0.15, 0.2) is 48.8 Å². The van der Waals surface area contributed by atoms with E-state index in [2.05, 4.69) is 15.0 Å². The number of esters is 1. The van der Waals surface area contributed by atoms with Crippen LogP contribution in [0.1, 0.15) is 20.7 Å². The molecule has 0 spiro atoms. The molecule has 1 N–H and O–H groups in total. The van der Waals surface area contributed by atoms with Crippen molar-refractivity contribution in [3.05, 3.63) is 59.9 Å². The summed E-state index contributed by atoms with van der Waals surface area (Å²) in [7, 11) is 1.30. The molecule has 2 rings (SSSR count). The summed E-state index contributed by atoms with van der Waals surface area (Å²) in [5.74, 6) is -0.801. The first-order valence-electron chi connectivity index (χ1n) is 5.61. The van der Waals surface area contributed by atoms with Crippen molar-refractivity contribution in [2.75, 3.05) is 12.4 Å². The number of pyridine rings is 1. The summed E-state index contributed by atoms with van der Waals surface area (Å²) in [6.07, 6.45) is 3.06. The van der Waals surface area contributed by atoms with E-state index >= 15 is 0 Å². The monoisotopic (exact) mass is 256 g/mol. The van der Waals surface area contributed by atoms with Crippen LogP contribution in [0.25, 0.3) is 0 Å². The summed E-state index contributed by atoms with van der Waals surface area (Å²) in [5, 5.41) is 2.67. The van der Waals surface area contributed by atoms with Gasteiger partial charge in [-0.05, 0) is 24.3 Å². The molecule has 2 aromatic rings. The number of benzene rings is 1. The number of carbonyl (C=O) groups is 2. The molecule has 0 fully saturated rings. The molecular formula is C14H12N2O3. The predicted octanol–water partition coefficient (Wildman–Crippen LogP) is 2.12. The zero-order valence-corrected chi connectivity index (χ0v) is 10.3. The van der Waals surface area contributed by atoms with Gasteiger partial charge < -0.3 is 10.1 Å². The number of rotatable bonds is 3. The lowest BCUT2D eigenvalue weighted by molar-refractivity contribution is 0.0602. The van der Waals surface area contributed by atoms with E-state index < -0.39 is 5.97 Å². The molecule has 5 heteroatoms. The average molecular weight is 256 g/mol. The number of methoxy groups -OCH3 is 1. The predicted molar refractivity (Wildman–Crippen MR) is 70.0 cm³/mol. The minimum absolute atomic E-state index is 0.307. The summed E-state index contributed by atoms with van der Waals surface area (Å²) >= 11 is 0. The topological polar surface area (TPSA) is 68.3 Å². The Bertz CT molecular complexity index is 597. The van der Waals surface area contributed by atoms with E-state index in [1.54, 1.807) is 36.4 Å². The van der Waals surface area contributed by atoms with Gasteiger partial charge in [-0.2, -0.15) is 0 Å². The first-order chi connectivity index (χ1) is 9.22. The van der Waals surface area contributed by atoms with Gasteiger partial charge in [0.25, 0.3) is 5.91 Å². The van der Waals surface area contributed by atoms with Crippen molar-refractivity contribution in [2.24, 2.45) is 0 Å². The molecule has 0 bridgehead atoms. The number of anilines is 1. The second-order valence-electron chi connectivity index (χ2n) is 3.73. The summed E-state index contributed by atoms with van der Waals surface area (Å²) < 4.78 is 4.66. The zero-order valence-electron chi connectivity index (χ0n) is 10.3. The van der Waals surface area contributed by atoms with E-state index in [1.165, 1.54) is 19.5 Å². The fourth-order valence-electron chi connectivity index (χ4n) is 1.58. The maximum Gasteiger partial charge on any atom is 0.339 e. The summed E-state index contributed by atoms with van der Waals surface area (Å²) in [6, 6.07) is 9.86. The van der Waals surface area contributed by atoms with E-state index in [4.69, 9.17) is 0 Å². The third-order valence-corrected chi connectivity index (χ3v) is 2.52. The fourth-order valence-corrected chi connectivity index (χ4v) is 1.58. The lowest BCUT2D eigenvalue weighted by Crippen LogP contribution is -2.15. The number of hydrogen-bond acceptors (Lipinski definition) is 4. The van der Waals surface area contributed by atoms with Gasteiger partial charge in [0.2, 0.25) is 0 Å². The second-order valence-corrected chi connectivity index (χ2v) is 3.73. The number of para-hydroxylation sites is 1. The molecule has 0 unspecified atom stereocenters. The minimum Gasteiger partial charge on any atom is -0.465 e. The molecule has 19 heavy (non-hydrogen) atoms. The first kappa shape index (κ1) is 12.8. The van der Waals surface area contributed by atoms with Crippen molar-refractivity contribution < 1.29 is 14.3 Å². The normalized spacial score (nSPS) is 9.74. The van der Waals surface area contributed by atoms with Gasteiger partial charge in [0.05, 0.1) is 18.4 Å². The van der Waals surface area contributed by atoms with Crippen molar-refractivity contribution in [1.29, 1.82) is 0 Å². The molecule has 0 saturated carbocycles. The molecular weight excluding hydrogens is 244 g/mol. The summed E-state index contributed by atoms with van der Waals surface area (Å²) in [5.41, 5.74) is 1.19. The molecule has 0 aliphatic rings. The van der Waals surface area contributed by atoms with Gasteiger partial charge in [0.1, 0.15) is 0 Å². The van der Waals surface area contributed by atoms with Gasteiger partial charge in [-0.15, -0.1) is 0 Å². The standard InChI is InChI=1S/C14H12N2O3/c1-19-14(18)11-4-2-3-5-12(11)16-13(17)10-6-8-15-9-7-10/h2-9H,1H3,(H,16,17). The van der Waals surface area contributed by atoms with Crippen LogP contribution < -0.4 is 5.32 Å². The Kier molecular flexibility index (Phi) is 3.87. The Morgan fingerprint density at radius 3 is 2.47 bits per heavy atom. The highest BCUT2D eigenvalue weighted by Gasteiger charge is 2.13. The van der Waals surface area contributed by atoms with Crippen molar-refractivity contribution in [3.63, 3.8) is 0 Å². The molecule has 1 aromatic carbocycles. The molecule has 1 amide bonds. The van der Waals surface area contributed by atoms with Crippen LogP contribution in [0.3, 0.4) is 0 Å². The third-order valence-electron chi connectivity index (χ3n) is 2.52. The van der Waals surface area contributed by atoms with Crippen molar-refractivity contribution in [2.45, 2.75) is 0 Å². The van der Waals surface area contributed by atoms with Gasteiger partial charge in [0, 0.05) is 18.0 Å². The zero-order chi connectivity index (χ0) is 13.7. The highest BCUT2D eigenvalue weighted by atomic mass is 16.5. The Morgan fingerprint density at radius 1 is 1.11 bits per heavy atom. The summed E-state index contributed by atoms with van der Waals surface area (Å²) in [4.78, 5) is 27.4. The largest absolute Gasteiger partial charge is 0.465 e. The Hall–Kier alpha value is -2.69. The molecule has 0 aliphatic carbocycles. The van der Waals surface area contributed by atoms with Crippen LogP contribution in [0.4, 0.5) is 5.69 Å². The number of carbonyl (C=O) groups excluding carboxylic acids is 2. The van der Waals surface area contributed by atoms with Gasteiger partial charge in [-0.3, -0.25) is 9.78 Å². The Morgan fingerprint density at radius 2 is 1.79 bits per heavy atom. The smallest absolute Gasteiger partial charge is 0.339 e. The van der Waals surface area contributed by atoms with E-state index in [9.17, 15) is 9.59 Å². The van der Waals surface area contributed by atoms with Crippen LogP contribution in [0.2, 0.25) is 0 Å². The molecule has 0 aliphatic heterocycles. The third kappa shape index (κ3) is 2.95. The van der Waals surface area contributed by atoms with E-state index in [0.717, 1.165) is 0 Å². The highest BCUT2D eigenvalue weighted by molar-refractivity contribution is 6.07. The lowest BCUT2D eigenvalue weighted by Gasteiger charge is -2.09. The van der Waals surface area contributed by atoms with Crippen molar-refractivity contribution in [1.82, 2.24) is 4.98 Å². The Balaban J connectivity index is 2.25. The van der Waals surface area contributed by atoms with Crippen molar-refractivity contribution in [3.8, 4) is 0 Å². The average Bonchev–Trinajstić information content (AvgIpc) is 2.48. The van der Waals surface area contributed by atoms with Gasteiger partial charge in [-0.25, -0.2) is 4.79 Å². The highest BCUT2D eigenvalue weighted by Crippen LogP contribution is 2.17. The molecule has 0 saturated heterocycles. The molecule has 5 nitrogen and oxygen atoms in total. The SMILES string of the molecule is COC(=O)c1ccccc1NC(=O)c1ccncc1. The fraction of sp³-hybridized carbons (Fsp3) is 0.0714. The molecule has 1 heterocycles. The quantitative estimate of drug-likeness (QED) is 0.854. The van der Waals surface area contributed by atoms with Gasteiger partial charge in [0.15, 0.2) is 0 Å². The van der Waals surface area contributed by atoms with Crippen LogP contribution in [-0.4, -0.2) is 24.0 Å². The number of amides is 1. The second kappa shape index (κ2) is 5.77. The number of ether oxygens (including phenoxy) is 1. The number of nitrogens with zero attached hydrogens (tertiary/aromatic N) is 1. The van der Waals surface area contributed by atoms with Crippen LogP contribution in [0, 0.1) is 0 Å². The minimum atomic E-state index is -0.495. The van der Waals surface area contributed by atoms with Crippen LogP contribution in [0.5, 0.6) is 0 Å². The summed E-state index contributed by atoms with van der Waals surface area (Å²) in [6.45, 7) is 0. The lowest BCUT2D eigenvalue weighted by atomic mass is 10.1. The van der Waals surface area contributed by atoms with E-state index in [-0.39, 0.29) is 5.91 Å². The van der Waals surface area contributed by atoms with Crippen LogP contribution >= 0.6 is 0 Å². The first-order valence-corrected chi connectivity index (χ1v) is 5.61. The van der Waals surface area contributed by atoms with Crippen molar-refractivity contribution >= 4 is 17.6 Å². The number of nitrogens with one attached hydrogen (secondary N) is 1. The van der Waals surface area contributed by atoms with Gasteiger partial charge >= 0.3 is 5.97 Å². The van der Waals surface area contributed by atoms with Crippen LogP contribution in [-0.2, 0) is 4.74 Å². The van der Waals surface area contributed by atoms with E-state index in [0.29, 0.717) is 16.8 Å². The molecule has 96 valence electrons.